The number of unbranched alkanes of at least 4 members (excludes halogenated alkanes) is 3. The summed E-state index contributed by atoms with van der Waals surface area (Å²) in [6.45, 7) is 2.20. The number of carbonyl (C=O) groups is 1. The van der Waals surface area contributed by atoms with E-state index in [1.807, 2.05) is 0 Å². The van der Waals surface area contributed by atoms with E-state index in [4.69, 9.17) is 4.74 Å². The molecule has 68 valence electrons. The maximum absolute atomic E-state index is 10.7. The van der Waals surface area contributed by atoms with Crippen LogP contribution in [0.3, 0.4) is 0 Å². The Morgan fingerprint density at radius 1 is 1.42 bits per heavy atom. The highest BCUT2D eigenvalue weighted by Crippen LogP contribution is 2.18. The molecule has 1 aliphatic heterocycles. The molecule has 0 atom stereocenters. The number of hydrogen-bond acceptors (Lipinski definition) is 2. The van der Waals surface area contributed by atoms with Crippen LogP contribution in [0.2, 0.25) is 0 Å². The third kappa shape index (κ3) is 3.07. The molecule has 0 radical (unpaired) electrons. The highest BCUT2D eigenvalue weighted by molar-refractivity contribution is 5.75. The molecule has 0 bridgehead atoms. The van der Waals surface area contributed by atoms with Gasteiger partial charge in [0.2, 0.25) is 0 Å². The third-order valence-corrected chi connectivity index (χ3v) is 2.08. The first-order valence-electron chi connectivity index (χ1n) is 4.70. The van der Waals surface area contributed by atoms with E-state index in [-0.39, 0.29) is 5.97 Å². The van der Waals surface area contributed by atoms with Gasteiger partial charge in [0.05, 0.1) is 12.7 Å². The molecular formula is C10H16O2. The summed E-state index contributed by atoms with van der Waals surface area (Å²) in [4.78, 5) is 10.7. The van der Waals surface area contributed by atoms with E-state index in [0.717, 1.165) is 12.0 Å². The van der Waals surface area contributed by atoms with Gasteiger partial charge in [0.1, 0.15) is 0 Å². The summed E-state index contributed by atoms with van der Waals surface area (Å²) in [7, 11) is 0. The number of cyclic esters (lactones) is 1. The molecule has 0 aliphatic carbocycles. The molecule has 0 saturated carbocycles. The van der Waals surface area contributed by atoms with Crippen molar-refractivity contribution < 1.29 is 9.53 Å². The minimum Gasteiger partial charge on any atom is -0.434 e. The first-order valence-corrected chi connectivity index (χ1v) is 4.70. The highest BCUT2D eigenvalue weighted by Gasteiger charge is 2.13. The molecule has 0 aromatic rings. The standard InChI is InChI=1S/C10H16O2/c1-2-3-4-5-6-9-7-10(11)12-8-9/h8H,2-7H2,1H3. The fourth-order valence-electron chi connectivity index (χ4n) is 1.34. The molecule has 2 nitrogen and oxygen atoms in total. The van der Waals surface area contributed by atoms with E-state index >= 15 is 0 Å². The van der Waals surface area contributed by atoms with Gasteiger partial charge in [-0.1, -0.05) is 26.2 Å². The number of carbonyl (C=O) groups excluding carboxylic acids is 1. The minimum atomic E-state index is -0.0968. The summed E-state index contributed by atoms with van der Waals surface area (Å²) < 4.78 is 4.72. The van der Waals surface area contributed by atoms with Gasteiger partial charge in [0.25, 0.3) is 0 Å². The molecule has 12 heavy (non-hydrogen) atoms. The summed E-state index contributed by atoms with van der Waals surface area (Å²) in [5.74, 6) is -0.0968. The second kappa shape index (κ2) is 4.96. The van der Waals surface area contributed by atoms with E-state index in [1.54, 1.807) is 6.26 Å². The lowest BCUT2D eigenvalue weighted by Crippen LogP contribution is -1.91. The Hall–Kier alpha value is -0.790. The predicted octanol–water partition coefficient (Wildman–Crippen LogP) is 2.79. The van der Waals surface area contributed by atoms with E-state index in [1.165, 1.54) is 25.7 Å². The van der Waals surface area contributed by atoms with Crippen LogP contribution in [0.5, 0.6) is 0 Å². The van der Waals surface area contributed by atoms with Crippen molar-refractivity contribution in [2.45, 2.75) is 45.4 Å². The third-order valence-electron chi connectivity index (χ3n) is 2.08. The lowest BCUT2D eigenvalue weighted by molar-refractivity contribution is -0.135. The summed E-state index contributed by atoms with van der Waals surface area (Å²) in [5.41, 5.74) is 1.16. The fourth-order valence-corrected chi connectivity index (χ4v) is 1.34. The van der Waals surface area contributed by atoms with Crippen molar-refractivity contribution >= 4 is 5.97 Å². The van der Waals surface area contributed by atoms with Gasteiger partial charge in [0, 0.05) is 0 Å². The Morgan fingerprint density at radius 2 is 2.25 bits per heavy atom. The zero-order chi connectivity index (χ0) is 8.81. The van der Waals surface area contributed by atoms with Crippen LogP contribution in [0.15, 0.2) is 11.8 Å². The Balaban J connectivity index is 2.04. The van der Waals surface area contributed by atoms with Gasteiger partial charge in [-0.3, -0.25) is 4.79 Å². The van der Waals surface area contributed by atoms with Crippen LogP contribution in [0, 0.1) is 0 Å². The van der Waals surface area contributed by atoms with Crippen molar-refractivity contribution in [2.75, 3.05) is 0 Å². The molecule has 1 heterocycles. The van der Waals surface area contributed by atoms with Gasteiger partial charge >= 0.3 is 5.97 Å². The molecule has 0 N–H and O–H groups in total. The molecule has 1 aliphatic rings. The molecule has 0 saturated heterocycles. The molecule has 0 aromatic heterocycles. The number of rotatable bonds is 5. The van der Waals surface area contributed by atoms with E-state index in [2.05, 4.69) is 6.92 Å². The van der Waals surface area contributed by atoms with Crippen LogP contribution in [0.4, 0.5) is 0 Å². The minimum absolute atomic E-state index is 0.0968. The molecule has 0 amide bonds. The zero-order valence-electron chi connectivity index (χ0n) is 7.64. The topological polar surface area (TPSA) is 26.3 Å². The maximum atomic E-state index is 10.7. The number of hydrogen-bond donors (Lipinski definition) is 0. The molecule has 0 spiro atoms. The van der Waals surface area contributed by atoms with Crippen LogP contribution in [-0.4, -0.2) is 5.97 Å². The van der Waals surface area contributed by atoms with Gasteiger partial charge in [-0.2, -0.15) is 0 Å². The van der Waals surface area contributed by atoms with E-state index < -0.39 is 0 Å². The van der Waals surface area contributed by atoms with Crippen LogP contribution in [0.1, 0.15) is 45.4 Å². The average Bonchev–Trinajstić information content (AvgIpc) is 2.45. The van der Waals surface area contributed by atoms with Crippen molar-refractivity contribution in [1.82, 2.24) is 0 Å². The van der Waals surface area contributed by atoms with Crippen LogP contribution >= 0.6 is 0 Å². The van der Waals surface area contributed by atoms with Crippen molar-refractivity contribution in [3.8, 4) is 0 Å². The van der Waals surface area contributed by atoms with Crippen molar-refractivity contribution in [1.29, 1.82) is 0 Å². The first-order chi connectivity index (χ1) is 5.83. The molecule has 0 unspecified atom stereocenters. The van der Waals surface area contributed by atoms with Crippen LogP contribution < -0.4 is 0 Å². The number of ether oxygens (including phenoxy) is 1. The van der Waals surface area contributed by atoms with Gasteiger partial charge in [-0.05, 0) is 18.4 Å². The average molecular weight is 168 g/mol. The quantitative estimate of drug-likeness (QED) is 0.466. The molecule has 0 fully saturated rings. The number of esters is 1. The van der Waals surface area contributed by atoms with E-state index in [9.17, 15) is 4.79 Å². The lowest BCUT2D eigenvalue weighted by Gasteiger charge is -1.97. The second-order valence-electron chi connectivity index (χ2n) is 3.25. The summed E-state index contributed by atoms with van der Waals surface area (Å²) in [6, 6.07) is 0. The SMILES string of the molecule is CCCCCCC1=COC(=O)C1. The largest absolute Gasteiger partial charge is 0.434 e. The highest BCUT2D eigenvalue weighted by atomic mass is 16.5. The monoisotopic (exact) mass is 168 g/mol. The second-order valence-corrected chi connectivity index (χ2v) is 3.25. The molecular weight excluding hydrogens is 152 g/mol. The van der Waals surface area contributed by atoms with Crippen molar-refractivity contribution in [2.24, 2.45) is 0 Å². The summed E-state index contributed by atoms with van der Waals surface area (Å²) in [5, 5.41) is 0. The van der Waals surface area contributed by atoms with Gasteiger partial charge in [0.15, 0.2) is 0 Å². The van der Waals surface area contributed by atoms with Gasteiger partial charge < -0.3 is 4.74 Å². The van der Waals surface area contributed by atoms with E-state index in [0.29, 0.717) is 6.42 Å². The van der Waals surface area contributed by atoms with Crippen LogP contribution in [0.25, 0.3) is 0 Å². The Morgan fingerprint density at radius 3 is 2.83 bits per heavy atom. The van der Waals surface area contributed by atoms with Gasteiger partial charge in [-0.15, -0.1) is 0 Å². The normalized spacial score (nSPS) is 16.1. The smallest absolute Gasteiger partial charge is 0.314 e. The first kappa shape index (κ1) is 9.30. The summed E-state index contributed by atoms with van der Waals surface area (Å²) in [6.07, 6.45) is 8.18. The zero-order valence-corrected chi connectivity index (χ0v) is 7.64. The molecule has 1 rings (SSSR count). The van der Waals surface area contributed by atoms with Crippen LogP contribution in [-0.2, 0) is 9.53 Å². The predicted molar refractivity (Wildman–Crippen MR) is 47.6 cm³/mol. The van der Waals surface area contributed by atoms with Gasteiger partial charge in [-0.25, -0.2) is 0 Å². The molecule has 0 aromatic carbocycles. The Bertz CT molecular complexity index is 182. The van der Waals surface area contributed by atoms with Crippen molar-refractivity contribution in [3.63, 3.8) is 0 Å². The lowest BCUT2D eigenvalue weighted by atomic mass is 10.1. The summed E-state index contributed by atoms with van der Waals surface area (Å²) >= 11 is 0. The maximum Gasteiger partial charge on any atom is 0.314 e. The molecule has 2 heteroatoms. The Kier molecular flexibility index (Phi) is 3.85. The van der Waals surface area contributed by atoms with Crippen molar-refractivity contribution in [3.05, 3.63) is 11.8 Å². The fraction of sp³-hybridized carbons (Fsp3) is 0.700. The Labute approximate surface area is 73.6 Å².